The van der Waals surface area contributed by atoms with Crippen LogP contribution in [0.3, 0.4) is 0 Å². The number of ether oxygens (including phenoxy) is 1. The van der Waals surface area contributed by atoms with Crippen LogP contribution in [0.1, 0.15) is 39.2 Å². The average Bonchev–Trinajstić information content (AvgIpc) is 2.36. The summed E-state index contributed by atoms with van der Waals surface area (Å²) >= 11 is 6.30. The van der Waals surface area contributed by atoms with E-state index < -0.39 is 0 Å². The lowest BCUT2D eigenvalue weighted by Gasteiger charge is -2.40. The van der Waals surface area contributed by atoms with Gasteiger partial charge in [0.2, 0.25) is 0 Å². The average molecular weight is 296 g/mol. The van der Waals surface area contributed by atoms with Gasteiger partial charge in [0, 0.05) is 6.04 Å². The maximum absolute atomic E-state index is 6.30. The molecule has 1 N–H and O–H groups in total. The molecule has 20 heavy (non-hydrogen) atoms. The number of likely N-dealkylation sites (N-methyl/N-ethyl adjacent to an activating group) is 1. The predicted octanol–water partition coefficient (Wildman–Crippen LogP) is 4.44. The highest BCUT2D eigenvalue weighted by molar-refractivity contribution is 6.32. The van der Waals surface area contributed by atoms with E-state index in [0.29, 0.717) is 17.0 Å². The first kappa shape index (κ1) is 15.7. The standard InChI is InChI=1S/C17H26ClNO/c1-5-19-15-10-12(3)8-13(4)17(15)20-16-7-6-11(2)9-14(16)18/h6-7,9,12-13,15,17,19H,5,8,10H2,1-4H3. The van der Waals surface area contributed by atoms with Crippen molar-refractivity contribution in [3.63, 3.8) is 0 Å². The Balaban J connectivity index is 2.15. The monoisotopic (exact) mass is 295 g/mol. The summed E-state index contributed by atoms with van der Waals surface area (Å²) in [6.45, 7) is 9.79. The third-order valence-electron chi connectivity index (χ3n) is 4.20. The molecule has 112 valence electrons. The fourth-order valence-electron chi connectivity index (χ4n) is 3.34. The predicted molar refractivity (Wildman–Crippen MR) is 85.6 cm³/mol. The molecule has 0 spiro atoms. The molecule has 4 atom stereocenters. The van der Waals surface area contributed by atoms with E-state index in [1.807, 2.05) is 19.1 Å². The zero-order chi connectivity index (χ0) is 14.7. The van der Waals surface area contributed by atoms with E-state index in [4.69, 9.17) is 16.3 Å². The fraction of sp³-hybridized carbons (Fsp3) is 0.647. The van der Waals surface area contributed by atoms with Crippen LogP contribution in [0.2, 0.25) is 5.02 Å². The second kappa shape index (κ2) is 6.82. The molecule has 0 bridgehead atoms. The van der Waals surface area contributed by atoms with Crippen LogP contribution < -0.4 is 10.1 Å². The molecule has 1 aliphatic rings. The van der Waals surface area contributed by atoms with Crippen molar-refractivity contribution >= 4 is 11.6 Å². The second-order valence-electron chi connectivity index (χ2n) is 6.23. The molecule has 2 rings (SSSR count). The Kier molecular flexibility index (Phi) is 5.34. The molecule has 0 aliphatic heterocycles. The quantitative estimate of drug-likeness (QED) is 0.886. The fourth-order valence-corrected chi connectivity index (χ4v) is 3.62. The minimum absolute atomic E-state index is 0.200. The Hall–Kier alpha value is -0.730. The SMILES string of the molecule is CCNC1CC(C)CC(C)C1Oc1ccc(C)cc1Cl. The van der Waals surface area contributed by atoms with Crippen LogP contribution in [0.5, 0.6) is 5.75 Å². The first-order chi connectivity index (χ1) is 9.51. The van der Waals surface area contributed by atoms with E-state index in [-0.39, 0.29) is 6.10 Å². The van der Waals surface area contributed by atoms with Gasteiger partial charge in [-0.3, -0.25) is 0 Å². The molecule has 3 heteroatoms. The zero-order valence-electron chi connectivity index (χ0n) is 12.9. The van der Waals surface area contributed by atoms with Crippen LogP contribution in [-0.2, 0) is 0 Å². The van der Waals surface area contributed by atoms with Crippen molar-refractivity contribution in [3.05, 3.63) is 28.8 Å². The van der Waals surface area contributed by atoms with Crippen molar-refractivity contribution < 1.29 is 4.74 Å². The van der Waals surface area contributed by atoms with Gasteiger partial charge in [0.25, 0.3) is 0 Å². The summed E-state index contributed by atoms with van der Waals surface area (Å²) in [4.78, 5) is 0. The van der Waals surface area contributed by atoms with Crippen LogP contribution in [-0.4, -0.2) is 18.7 Å². The molecular formula is C17H26ClNO. The Bertz CT molecular complexity index is 449. The summed E-state index contributed by atoms with van der Waals surface area (Å²) in [7, 11) is 0. The van der Waals surface area contributed by atoms with Crippen LogP contribution in [0.25, 0.3) is 0 Å². The summed E-state index contributed by atoms with van der Waals surface area (Å²) in [5.74, 6) is 2.11. The van der Waals surface area contributed by atoms with Gasteiger partial charge < -0.3 is 10.1 Å². The Labute approximate surface area is 127 Å². The molecule has 0 amide bonds. The smallest absolute Gasteiger partial charge is 0.138 e. The Morgan fingerprint density at radius 2 is 2.05 bits per heavy atom. The zero-order valence-corrected chi connectivity index (χ0v) is 13.7. The van der Waals surface area contributed by atoms with Crippen molar-refractivity contribution in [2.75, 3.05) is 6.54 Å². The Morgan fingerprint density at radius 1 is 1.30 bits per heavy atom. The summed E-state index contributed by atoms with van der Waals surface area (Å²) in [6.07, 6.45) is 2.59. The van der Waals surface area contributed by atoms with E-state index in [9.17, 15) is 0 Å². The van der Waals surface area contributed by atoms with E-state index in [1.165, 1.54) is 12.8 Å². The van der Waals surface area contributed by atoms with Gasteiger partial charge >= 0.3 is 0 Å². The number of nitrogens with one attached hydrogen (secondary N) is 1. The van der Waals surface area contributed by atoms with Crippen molar-refractivity contribution in [1.82, 2.24) is 5.32 Å². The maximum atomic E-state index is 6.30. The normalized spacial score (nSPS) is 30.2. The van der Waals surface area contributed by atoms with Gasteiger partial charge in [-0.25, -0.2) is 0 Å². The molecule has 1 aromatic carbocycles. The van der Waals surface area contributed by atoms with Gasteiger partial charge in [0.05, 0.1) is 5.02 Å². The van der Waals surface area contributed by atoms with Gasteiger partial charge in [-0.05, 0) is 55.8 Å². The third kappa shape index (κ3) is 3.67. The molecule has 1 aliphatic carbocycles. The lowest BCUT2D eigenvalue weighted by Crippen LogP contribution is -2.50. The molecule has 1 saturated carbocycles. The van der Waals surface area contributed by atoms with Gasteiger partial charge in [0.15, 0.2) is 0 Å². The van der Waals surface area contributed by atoms with Crippen LogP contribution in [0, 0.1) is 18.8 Å². The summed E-state index contributed by atoms with van der Waals surface area (Å²) in [5, 5.41) is 4.29. The van der Waals surface area contributed by atoms with Gasteiger partial charge in [0.1, 0.15) is 11.9 Å². The first-order valence-electron chi connectivity index (χ1n) is 7.67. The summed E-state index contributed by atoms with van der Waals surface area (Å²) in [6, 6.07) is 6.43. The molecule has 0 heterocycles. The lowest BCUT2D eigenvalue weighted by atomic mass is 9.78. The lowest BCUT2D eigenvalue weighted by molar-refractivity contribution is 0.0484. The van der Waals surface area contributed by atoms with Gasteiger partial charge in [-0.1, -0.05) is 38.4 Å². The van der Waals surface area contributed by atoms with E-state index in [2.05, 4.69) is 32.2 Å². The summed E-state index contributed by atoms with van der Waals surface area (Å²) in [5.41, 5.74) is 1.16. The maximum Gasteiger partial charge on any atom is 0.138 e. The number of benzene rings is 1. The number of aryl methyl sites for hydroxylation is 1. The Morgan fingerprint density at radius 3 is 2.70 bits per heavy atom. The highest BCUT2D eigenvalue weighted by Crippen LogP contribution is 2.34. The number of hydrogen-bond acceptors (Lipinski definition) is 2. The minimum atomic E-state index is 0.200. The first-order valence-corrected chi connectivity index (χ1v) is 8.05. The van der Waals surface area contributed by atoms with Crippen molar-refractivity contribution in [1.29, 1.82) is 0 Å². The second-order valence-corrected chi connectivity index (χ2v) is 6.64. The molecular weight excluding hydrogens is 270 g/mol. The minimum Gasteiger partial charge on any atom is -0.487 e. The van der Waals surface area contributed by atoms with Crippen molar-refractivity contribution in [2.24, 2.45) is 11.8 Å². The highest BCUT2D eigenvalue weighted by atomic mass is 35.5. The molecule has 4 unspecified atom stereocenters. The molecule has 1 aromatic rings. The van der Waals surface area contributed by atoms with Gasteiger partial charge in [-0.15, -0.1) is 0 Å². The highest BCUT2D eigenvalue weighted by Gasteiger charge is 2.35. The van der Waals surface area contributed by atoms with Crippen LogP contribution in [0.15, 0.2) is 18.2 Å². The topological polar surface area (TPSA) is 21.3 Å². The number of halogens is 1. The molecule has 0 radical (unpaired) electrons. The summed E-state index contributed by atoms with van der Waals surface area (Å²) < 4.78 is 6.27. The molecule has 0 saturated heterocycles. The molecule has 0 aromatic heterocycles. The van der Waals surface area contributed by atoms with E-state index >= 15 is 0 Å². The van der Waals surface area contributed by atoms with Crippen molar-refractivity contribution in [3.8, 4) is 5.75 Å². The molecule has 2 nitrogen and oxygen atoms in total. The molecule has 1 fully saturated rings. The van der Waals surface area contributed by atoms with Crippen LogP contribution >= 0.6 is 11.6 Å². The number of hydrogen-bond donors (Lipinski definition) is 1. The van der Waals surface area contributed by atoms with E-state index in [0.717, 1.165) is 23.8 Å². The third-order valence-corrected chi connectivity index (χ3v) is 4.50. The number of rotatable bonds is 4. The van der Waals surface area contributed by atoms with Crippen LogP contribution in [0.4, 0.5) is 0 Å². The largest absolute Gasteiger partial charge is 0.487 e. The van der Waals surface area contributed by atoms with Crippen molar-refractivity contribution in [2.45, 2.75) is 52.7 Å². The van der Waals surface area contributed by atoms with E-state index in [1.54, 1.807) is 0 Å². The van der Waals surface area contributed by atoms with Gasteiger partial charge in [-0.2, -0.15) is 0 Å².